The van der Waals surface area contributed by atoms with E-state index in [1.165, 1.54) is 16.7 Å². The summed E-state index contributed by atoms with van der Waals surface area (Å²) < 4.78 is 1.05. The SMILES string of the molecule is CCc1ccc(CC)c(C(Cl)c2ccc(I)c(Cl)c2)c1. The second-order valence-corrected chi connectivity index (χ2v) is 6.78. The first-order valence-electron chi connectivity index (χ1n) is 6.77. The molecule has 1 unspecified atom stereocenters. The van der Waals surface area contributed by atoms with E-state index in [9.17, 15) is 0 Å². The highest BCUT2D eigenvalue weighted by atomic mass is 127. The van der Waals surface area contributed by atoms with E-state index in [1.807, 2.05) is 12.1 Å². The molecule has 20 heavy (non-hydrogen) atoms. The Balaban J connectivity index is 2.45. The zero-order chi connectivity index (χ0) is 14.7. The van der Waals surface area contributed by atoms with Crippen molar-refractivity contribution < 1.29 is 0 Å². The lowest BCUT2D eigenvalue weighted by Crippen LogP contribution is -2.00. The standard InChI is InChI=1S/C17H17Cl2I/c1-3-11-5-6-12(4-2)14(9-11)17(19)13-7-8-16(20)15(18)10-13/h5-10,17H,3-4H2,1-2H3. The molecule has 0 radical (unpaired) electrons. The third-order valence-electron chi connectivity index (χ3n) is 3.51. The summed E-state index contributed by atoms with van der Waals surface area (Å²) in [6.07, 6.45) is 2.01. The number of aryl methyl sites for hydroxylation is 2. The van der Waals surface area contributed by atoms with Crippen molar-refractivity contribution in [1.82, 2.24) is 0 Å². The third-order valence-corrected chi connectivity index (χ3v) is 5.57. The molecule has 2 rings (SSSR count). The summed E-state index contributed by atoms with van der Waals surface area (Å²) in [6, 6.07) is 12.7. The topological polar surface area (TPSA) is 0 Å². The van der Waals surface area contributed by atoms with Crippen LogP contribution in [-0.4, -0.2) is 0 Å². The van der Waals surface area contributed by atoms with Crippen LogP contribution < -0.4 is 0 Å². The molecule has 0 N–H and O–H groups in total. The molecule has 0 bridgehead atoms. The van der Waals surface area contributed by atoms with Gasteiger partial charge in [0, 0.05) is 3.57 Å². The molecule has 3 heteroatoms. The van der Waals surface area contributed by atoms with Crippen LogP contribution in [0.2, 0.25) is 5.02 Å². The molecular formula is C17H17Cl2I. The predicted octanol–water partition coefficient (Wildman–Crippen LogP) is 6.40. The fourth-order valence-corrected chi connectivity index (χ4v) is 3.14. The fourth-order valence-electron chi connectivity index (χ4n) is 2.27. The number of alkyl halides is 1. The summed E-state index contributed by atoms with van der Waals surface area (Å²) in [7, 11) is 0. The average Bonchev–Trinajstić information content (AvgIpc) is 2.48. The maximum absolute atomic E-state index is 6.71. The van der Waals surface area contributed by atoms with Crippen LogP contribution in [0.1, 0.15) is 41.5 Å². The van der Waals surface area contributed by atoms with Crippen molar-refractivity contribution in [2.45, 2.75) is 32.1 Å². The maximum atomic E-state index is 6.71. The molecule has 0 heterocycles. The van der Waals surface area contributed by atoms with E-state index in [2.05, 4.69) is 60.7 Å². The monoisotopic (exact) mass is 418 g/mol. The molecular weight excluding hydrogens is 402 g/mol. The van der Waals surface area contributed by atoms with Crippen LogP contribution >= 0.6 is 45.8 Å². The van der Waals surface area contributed by atoms with Crippen LogP contribution in [0, 0.1) is 3.57 Å². The molecule has 1 atom stereocenters. The molecule has 0 amide bonds. The second-order valence-electron chi connectivity index (χ2n) is 4.78. The minimum absolute atomic E-state index is 0.147. The molecule has 0 nitrogen and oxygen atoms in total. The highest BCUT2D eigenvalue weighted by molar-refractivity contribution is 14.1. The summed E-state index contributed by atoms with van der Waals surface area (Å²) in [4.78, 5) is 0. The van der Waals surface area contributed by atoms with Crippen molar-refractivity contribution in [2.24, 2.45) is 0 Å². The fraction of sp³-hybridized carbons (Fsp3) is 0.294. The number of rotatable bonds is 4. The van der Waals surface area contributed by atoms with E-state index in [0.717, 1.165) is 27.0 Å². The zero-order valence-corrected chi connectivity index (χ0v) is 15.3. The van der Waals surface area contributed by atoms with Crippen molar-refractivity contribution in [3.8, 4) is 0 Å². The molecule has 0 spiro atoms. The Morgan fingerprint density at radius 1 is 1.05 bits per heavy atom. The van der Waals surface area contributed by atoms with Gasteiger partial charge < -0.3 is 0 Å². The van der Waals surface area contributed by atoms with Gasteiger partial charge >= 0.3 is 0 Å². The van der Waals surface area contributed by atoms with Gasteiger partial charge in [0.1, 0.15) is 0 Å². The summed E-state index contributed by atoms with van der Waals surface area (Å²) in [5, 5.41) is 0.615. The lowest BCUT2D eigenvalue weighted by Gasteiger charge is -2.16. The largest absolute Gasteiger partial charge is 0.113 e. The van der Waals surface area contributed by atoms with E-state index in [4.69, 9.17) is 23.2 Å². The minimum atomic E-state index is -0.147. The smallest absolute Gasteiger partial charge is 0.0838 e. The highest BCUT2D eigenvalue weighted by Crippen LogP contribution is 2.34. The van der Waals surface area contributed by atoms with Crippen LogP contribution in [-0.2, 0) is 12.8 Å². The minimum Gasteiger partial charge on any atom is -0.113 e. The third kappa shape index (κ3) is 3.49. The van der Waals surface area contributed by atoms with Gasteiger partial charge in [-0.25, -0.2) is 0 Å². The van der Waals surface area contributed by atoms with Crippen LogP contribution in [0.15, 0.2) is 36.4 Å². The van der Waals surface area contributed by atoms with Crippen molar-refractivity contribution in [3.63, 3.8) is 0 Å². The Hall–Kier alpha value is -0.250. The molecule has 106 valence electrons. The number of halogens is 3. The molecule has 0 saturated carbocycles. The first-order valence-corrected chi connectivity index (χ1v) is 8.66. The normalized spacial score (nSPS) is 12.4. The van der Waals surface area contributed by atoms with E-state index >= 15 is 0 Å². The van der Waals surface area contributed by atoms with Gasteiger partial charge in [0.2, 0.25) is 0 Å². The molecule has 0 fully saturated rings. The Labute approximate surface area is 144 Å². The summed E-state index contributed by atoms with van der Waals surface area (Å²) in [5.41, 5.74) is 4.88. The van der Waals surface area contributed by atoms with Crippen molar-refractivity contribution in [3.05, 3.63) is 67.2 Å². The van der Waals surface area contributed by atoms with Gasteiger partial charge in [0.15, 0.2) is 0 Å². The summed E-state index contributed by atoms with van der Waals surface area (Å²) in [6.45, 7) is 4.32. The van der Waals surface area contributed by atoms with Crippen molar-refractivity contribution >= 4 is 45.8 Å². The number of hydrogen-bond donors (Lipinski definition) is 0. The quantitative estimate of drug-likeness (QED) is 0.398. The molecule has 2 aromatic rings. The van der Waals surface area contributed by atoms with Gasteiger partial charge in [-0.1, -0.05) is 49.7 Å². The Morgan fingerprint density at radius 2 is 1.80 bits per heavy atom. The van der Waals surface area contributed by atoms with E-state index in [-0.39, 0.29) is 5.38 Å². The summed E-state index contributed by atoms with van der Waals surface area (Å²) >= 11 is 15.1. The van der Waals surface area contributed by atoms with Crippen LogP contribution in [0.5, 0.6) is 0 Å². The Bertz CT molecular complexity index is 608. The maximum Gasteiger partial charge on any atom is 0.0838 e. The van der Waals surface area contributed by atoms with Gasteiger partial charge in [-0.05, 0) is 69.8 Å². The van der Waals surface area contributed by atoms with Gasteiger partial charge in [0.05, 0.1) is 10.4 Å². The van der Waals surface area contributed by atoms with Crippen molar-refractivity contribution in [2.75, 3.05) is 0 Å². The molecule has 0 aliphatic heterocycles. The molecule has 0 saturated heterocycles. The summed E-state index contributed by atoms with van der Waals surface area (Å²) in [5.74, 6) is 0. The number of hydrogen-bond acceptors (Lipinski definition) is 0. The van der Waals surface area contributed by atoms with Gasteiger partial charge in [-0.2, -0.15) is 0 Å². The predicted molar refractivity (Wildman–Crippen MR) is 97.1 cm³/mol. The lowest BCUT2D eigenvalue weighted by atomic mass is 9.95. The molecule has 2 aromatic carbocycles. The highest BCUT2D eigenvalue weighted by Gasteiger charge is 2.15. The first-order chi connectivity index (χ1) is 9.56. The number of benzene rings is 2. The first kappa shape index (κ1) is 16.1. The van der Waals surface area contributed by atoms with Gasteiger partial charge in [0.25, 0.3) is 0 Å². The lowest BCUT2D eigenvalue weighted by molar-refractivity contribution is 1.02. The zero-order valence-electron chi connectivity index (χ0n) is 11.6. The molecule has 0 aliphatic carbocycles. The van der Waals surface area contributed by atoms with Crippen LogP contribution in [0.3, 0.4) is 0 Å². The molecule has 0 aliphatic rings. The Morgan fingerprint density at radius 3 is 2.40 bits per heavy atom. The van der Waals surface area contributed by atoms with Gasteiger partial charge in [-0.15, -0.1) is 11.6 Å². The molecule has 0 aromatic heterocycles. The second kappa shape index (κ2) is 7.15. The van der Waals surface area contributed by atoms with E-state index in [1.54, 1.807) is 0 Å². The van der Waals surface area contributed by atoms with E-state index < -0.39 is 0 Å². The van der Waals surface area contributed by atoms with Crippen molar-refractivity contribution in [1.29, 1.82) is 0 Å². The van der Waals surface area contributed by atoms with Crippen LogP contribution in [0.25, 0.3) is 0 Å². The van der Waals surface area contributed by atoms with Crippen LogP contribution in [0.4, 0.5) is 0 Å². The van der Waals surface area contributed by atoms with E-state index in [0.29, 0.717) is 0 Å². The van der Waals surface area contributed by atoms with Gasteiger partial charge in [-0.3, -0.25) is 0 Å². The Kier molecular flexibility index (Phi) is 5.76. The average molecular weight is 419 g/mol.